The summed E-state index contributed by atoms with van der Waals surface area (Å²) < 4.78 is 10.1. The number of carbonyl (C=O) groups excluding carboxylic acids is 2. The Labute approximate surface area is 129 Å². The molecule has 22 heavy (non-hydrogen) atoms. The molecule has 4 heteroatoms. The van der Waals surface area contributed by atoms with E-state index < -0.39 is 0 Å². The van der Waals surface area contributed by atoms with E-state index in [9.17, 15) is 9.59 Å². The highest BCUT2D eigenvalue weighted by molar-refractivity contribution is 5.98. The molecule has 2 rings (SSSR count). The van der Waals surface area contributed by atoms with Gasteiger partial charge in [-0.25, -0.2) is 9.59 Å². The lowest BCUT2D eigenvalue weighted by atomic mass is 9.98. The number of hydrogen-bond donors (Lipinski definition) is 0. The van der Waals surface area contributed by atoms with E-state index in [2.05, 4.69) is 0 Å². The summed E-state index contributed by atoms with van der Waals surface area (Å²) in [5.74, 6) is -0.752. The van der Waals surface area contributed by atoms with E-state index in [1.54, 1.807) is 44.2 Å². The molecule has 114 valence electrons. The third-order valence-corrected chi connectivity index (χ3v) is 3.11. The van der Waals surface area contributed by atoms with Gasteiger partial charge in [0.15, 0.2) is 0 Å². The molecule has 4 nitrogen and oxygen atoms in total. The number of hydrogen-bond acceptors (Lipinski definition) is 4. The van der Waals surface area contributed by atoms with Gasteiger partial charge in [0.2, 0.25) is 0 Å². The fraction of sp³-hybridized carbons (Fsp3) is 0.222. The molecule has 2 aromatic rings. The molecule has 0 unspecified atom stereocenters. The Morgan fingerprint density at radius 3 is 2.27 bits per heavy atom. The van der Waals surface area contributed by atoms with Crippen LogP contribution < -0.4 is 0 Å². The Balaban J connectivity index is 2.42. The standard InChI is InChI=1S/C18H18O4/c1-3-21-17(19)14-9-7-8-13(12-14)15-10-5-6-11-16(15)18(20)22-4-2/h5-12H,3-4H2,1-2H3. The molecule has 0 saturated carbocycles. The molecule has 0 fully saturated rings. The Hall–Kier alpha value is -2.62. The highest BCUT2D eigenvalue weighted by Crippen LogP contribution is 2.25. The SMILES string of the molecule is CCOC(=O)c1cccc(-c2ccccc2C(=O)OCC)c1. The number of esters is 2. The topological polar surface area (TPSA) is 52.6 Å². The average Bonchev–Trinajstić information content (AvgIpc) is 2.55. The van der Waals surface area contributed by atoms with Crippen LogP contribution in [0.5, 0.6) is 0 Å². The van der Waals surface area contributed by atoms with Crippen molar-refractivity contribution in [1.82, 2.24) is 0 Å². The zero-order valence-electron chi connectivity index (χ0n) is 12.7. The van der Waals surface area contributed by atoms with Crippen molar-refractivity contribution in [3.05, 3.63) is 59.7 Å². The van der Waals surface area contributed by atoms with Crippen molar-refractivity contribution in [2.24, 2.45) is 0 Å². The van der Waals surface area contributed by atoms with Crippen molar-refractivity contribution < 1.29 is 19.1 Å². The predicted molar refractivity (Wildman–Crippen MR) is 83.8 cm³/mol. The number of rotatable bonds is 5. The zero-order valence-corrected chi connectivity index (χ0v) is 12.7. The largest absolute Gasteiger partial charge is 0.462 e. The molecule has 0 aliphatic rings. The lowest BCUT2D eigenvalue weighted by Crippen LogP contribution is -2.07. The van der Waals surface area contributed by atoms with Gasteiger partial charge in [-0.3, -0.25) is 0 Å². The van der Waals surface area contributed by atoms with Gasteiger partial charge < -0.3 is 9.47 Å². The monoisotopic (exact) mass is 298 g/mol. The molecule has 0 aromatic heterocycles. The molecule has 0 heterocycles. The van der Waals surface area contributed by atoms with Gasteiger partial charge >= 0.3 is 11.9 Å². The van der Waals surface area contributed by atoms with E-state index >= 15 is 0 Å². The minimum atomic E-state index is -0.377. The first-order valence-corrected chi connectivity index (χ1v) is 7.21. The first-order valence-electron chi connectivity index (χ1n) is 7.21. The van der Waals surface area contributed by atoms with Crippen LogP contribution in [0.4, 0.5) is 0 Å². The molecule has 2 aromatic carbocycles. The van der Waals surface area contributed by atoms with E-state index in [4.69, 9.17) is 9.47 Å². The van der Waals surface area contributed by atoms with Gasteiger partial charge in [-0.05, 0) is 43.2 Å². The second-order valence-electron chi connectivity index (χ2n) is 4.57. The van der Waals surface area contributed by atoms with E-state index in [0.717, 1.165) is 11.1 Å². The summed E-state index contributed by atoms with van der Waals surface area (Å²) in [5, 5.41) is 0. The molecule has 0 atom stereocenters. The molecule has 0 aliphatic carbocycles. The van der Waals surface area contributed by atoms with Crippen LogP contribution in [0.15, 0.2) is 48.5 Å². The fourth-order valence-corrected chi connectivity index (χ4v) is 2.15. The molecular formula is C18H18O4. The minimum Gasteiger partial charge on any atom is -0.462 e. The van der Waals surface area contributed by atoms with E-state index in [1.165, 1.54) is 0 Å². The second kappa shape index (κ2) is 7.41. The van der Waals surface area contributed by atoms with Crippen LogP contribution in [0.25, 0.3) is 11.1 Å². The third-order valence-electron chi connectivity index (χ3n) is 3.11. The maximum Gasteiger partial charge on any atom is 0.338 e. The van der Waals surface area contributed by atoms with Crippen molar-refractivity contribution in [1.29, 1.82) is 0 Å². The highest BCUT2D eigenvalue weighted by atomic mass is 16.5. The van der Waals surface area contributed by atoms with Crippen molar-refractivity contribution in [3.63, 3.8) is 0 Å². The molecule has 0 bridgehead atoms. The maximum absolute atomic E-state index is 12.0. The van der Waals surface area contributed by atoms with Crippen molar-refractivity contribution in [2.45, 2.75) is 13.8 Å². The smallest absolute Gasteiger partial charge is 0.338 e. The quantitative estimate of drug-likeness (QED) is 0.790. The normalized spacial score (nSPS) is 10.1. The van der Waals surface area contributed by atoms with Gasteiger partial charge in [-0.1, -0.05) is 30.3 Å². The van der Waals surface area contributed by atoms with Crippen LogP contribution in [-0.2, 0) is 9.47 Å². The Bertz CT molecular complexity index is 676. The molecule has 0 radical (unpaired) electrons. The van der Waals surface area contributed by atoms with E-state index in [1.807, 2.05) is 18.2 Å². The first kappa shape index (κ1) is 15.8. The summed E-state index contributed by atoms with van der Waals surface area (Å²) in [6.45, 7) is 4.16. The Morgan fingerprint density at radius 2 is 1.55 bits per heavy atom. The van der Waals surface area contributed by atoms with Crippen LogP contribution in [0.1, 0.15) is 34.6 Å². The van der Waals surface area contributed by atoms with Crippen LogP contribution >= 0.6 is 0 Å². The van der Waals surface area contributed by atoms with Gasteiger partial charge in [0.25, 0.3) is 0 Å². The molecular weight excluding hydrogens is 280 g/mol. The Morgan fingerprint density at radius 1 is 0.864 bits per heavy atom. The lowest BCUT2D eigenvalue weighted by Gasteiger charge is -2.10. The summed E-state index contributed by atoms with van der Waals surface area (Å²) in [6, 6.07) is 14.2. The fourth-order valence-electron chi connectivity index (χ4n) is 2.15. The minimum absolute atomic E-state index is 0.316. The predicted octanol–water partition coefficient (Wildman–Crippen LogP) is 3.71. The average molecular weight is 298 g/mol. The summed E-state index contributed by atoms with van der Waals surface area (Å²) in [5.41, 5.74) is 2.43. The number of benzene rings is 2. The lowest BCUT2D eigenvalue weighted by molar-refractivity contribution is 0.0518. The Kier molecular flexibility index (Phi) is 5.31. The number of ether oxygens (including phenoxy) is 2. The summed E-state index contributed by atoms with van der Waals surface area (Å²) in [6.07, 6.45) is 0. The van der Waals surface area contributed by atoms with Crippen molar-refractivity contribution in [3.8, 4) is 11.1 Å². The summed E-state index contributed by atoms with van der Waals surface area (Å²) in [4.78, 5) is 23.9. The van der Waals surface area contributed by atoms with Crippen LogP contribution in [-0.4, -0.2) is 25.2 Å². The van der Waals surface area contributed by atoms with Gasteiger partial charge in [-0.15, -0.1) is 0 Å². The van der Waals surface area contributed by atoms with E-state index in [0.29, 0.717) is 24.3 Å². The van der Waals surface area contributed by atoms with Gasteiger partial charge in [0.1, 0.15) is 0 Å². The highest BCUT2D eigenvalue weighted by Gasteiger charge is 2.14. The van der Waals surface area contributed by atoms with Crippen LogP contribution in [0.3, 0.4) is 0 Å². The summed E-state index contributed by atoms with van der Waals surface area (Å²) in [7, 11) is 0. The third kappa shape index (κ3) is 3.52. The summed E-state index contributed by atoms with van der Waals surface area (Å²) >= 11 is 0. The van der Waals surface area contributed by atoms with Crippen LogP contribution in [0.2, 0.25) is 0 Å². The molecule has 0 spiro atoms. The van der Waals surface area contributed by atoms with Crippen LogP contribution in [0, 0.1) is 0 Å². The molecule has 0 amide bonds. The number of carbonyl (C=O) groups is 2. The van der Waals surface area contributed by atoms with Gasteiger partial charge in [-0.2, -0.15) is 0 Å². The first-order chi connectivity index (χ1) is 10.7. The van der Waals surface area contributed by atoms with Gasteiger partial charge in [0, 0.05) is 0 Å². The van der Waals surface area contributed by atoms with E-state index in [-0.39, 0.29) is 11.9 Å². The second-order valence-corrected chi connectivity index (χ2v) is 4.57. The molecule has 0 saturated heterocycles. The maximum atomic E-state index is 12.0. The van der Waals surface area contributed by atoms with Crippen molar-refractivity contribution >= 4 is 11.9 Å². The van der Waals surface area contributed by atoms with Gasteiger partial charge in [0.05, 0.1) is 24.3 Å². The molecule has 0 aliphatic heterocycles. The molecule has 0 N–H and O–H groups in total. The van der Waals surface area contributed by atoms with Crippen molar-refractivity contribution in [2.75, 3.05) is 13.2 Å². The zero-order chi connectivity index (χ0) is 15.9.